The first-order valence-corrected chi connectivity index (χ1v) is 8.67. The van der Waals surface area contributed by atoms with Crippen LogP contribution in [0.5, 0.6) is 0 Å². The molecule has 0 aliphatic rings. The third-order valence-corrected chi connectivity index (χ3v) is 3.77. The summed E-state index contributed by atoms with van der Waals surface area (Å²) in [6.45, 7) is 4.23. The number of rotatable bonds is 9. The van der Waals surface area contributed by atoms with Gasteiger partial charge in [0.2, 0.25) is 5.91 Å². The SMILES string of the molecule is CCNC(=NCC(=O)NCCOC)NCCc1c[nH]c2ccc(F)cc12.I. The van der Waals surface area contributed by atoms with Crippen LogP contribution in [0.25, 0.3) is 10.9 Å². The molecule has 2 aromatic rings. The van der Waals surface area contributed by atoms with Gasteiger partial charge in [0.1, 0.15) is 12.4 Å². The minimum Gasteiger partial charge on any atom is -0.383 e. The Hall–Kier alpha value is -1.88. The Labute approximate surface area is 175 Å². The van der Waals surface area contributed by atoms with Crippen molar-refractivity contribution in [2.75, 3.05) is 39.9 Å². The Kier molecular flexibility index (Phi) is 10.7. The Morgan fingerprint density at radius 3 is 2.81 bits per heavy atom. The molecular formula is C18H27FIN5O2. The summed E-state index contributed by atoms with van der Waals surface area (Å²) in [5, 5.41) is 9.88. The van der Waals surface area contributed by atoms with Gasteiger partial charge in [-0.25, -0.2) is 9.38 Å². The van der Waals surface area contributed by atoms with Gasteiger partial charge in [-0.2, -0.15) is 0 Å². The molecule has 2 rings (SSSR count). The number of benzene rings is 1. The maximum atomic E-state index is 13.4. The van der Waals surface area contributed by atoms with Crippen molar-refractivity contribution in [2.24, 2.45) is 4.99 Å². The number of carbonyl (C=O) groups is 1. The monoisotopic (exact) mass is 491 g/mol. The van der Waals surface area contributed by atoms with Crippen LogP contribution in [0.2, 0.25) is 0 Å². The van der Waals surface area contributed by atoms with Gasteiger partial charge >= 0.3 is 0 Å². The largest absolute Gasteiger partial charge is 0.383 e. The fraction of sp³-hybridized carbons (Fsp3) is 0.444. The Balaban J connectivity index is 0.00000364. The molecule has 0 saturated heterocycles. The van der Waals surface area contributed by atoms with E-state index >= 15 is 0 Å². The average molecular weight is 491 g/mol. The van der Waals surface area contributed by atoms with Crippen LogP contribution in [0.1, 0.15) is 12.5 Å². The van der Waals surface area contributed by atoms with Gasteiger partial charge in [-0.15, -0.1) is 24.0 Å². The van der Waals surface area contributed by atoms with Crippen LogP contribution in [0.4, 0.5) is 4.39 Å². The van der Waals surface area contributed by atoms with Crippen molar-refractivity contribution in [2.45, 2.75) is 13.3 Å². The second-order valence-electron chi connectivity index (χ2n) is 5.72. The molecule has 0 aliphatic heterocycles. The molecule has 0 radical (unpaired) electrons. The van der Waals surface area contributed by atoms with Gasteiger partial charge in [0, 0.05) is 43.8 Å². The summed E-state index contributed by atoms with van der Waals surface area (Å²) in [6, 6.07) is 4.70. The first-order chi connectivity index (χ1) is 12.6. The number of fused-ring (bicyclic) bond motifs is 1. The highest BCUT2D eigenvalue weighted by atomic mass is 127. The number of aromatic amines is 1. The molecule has 0 unspecified atom stereocenters. The minimum absolute atomic E-state index is 0. The third-order valence-electron chi connectivity index (χ3n) is 3.77. The number of carbonyl (C=O) groups excluding carboxylic acids is 1. The summed E-state index contributed by atoms with van der Waals surface area (Å²) >= 11 is 0. The van der Waals surface area contributed by atoms with E-state index < -0.39 is 0 Å². The summed E-state index contributed by atoms with van der Waals surface area (Å²) < 4.78 is 18.3. The lowest BCUT2D eigenvalue weighted by atomic mass is 10.1. The topological polar surface area (TPSA) is 90.5 Å². The van der Waals surface area contributed by atoms with E-state index in [1.807, 2.05) is 13.1 Å². The van der Waals surface area contributed by atoms with E-state index in [1.54, 1.807) is 13.2 Å². The maximum absolute atomic E-state index is 13.4. The molecule has 150 valence electrons. The van der Waals surface area contributed by atoms with Gasteiger partial charge in [-0.1, -0.05) is 0 Å². The zero-order chi connectivity index (χ0) is 18.8. The first kappa shape index (κ1) is 23.2. The predicted octanol–water partition coefficient (Wildman–Crippen LogP) is 1.79. The molecule has 9 heteroatoms. The fourth-order valence-electron chi connectivity index (χ4n) is 2.51. The average Bonchev–Trinajstić information content (AvgIpc) is 3.02. The zero-order valence-corrected chi connectivity index (χ0v) is 17.9. The van der Waals surface area contributed by atoms with Gasteiger partial charge in [0.15, 0.2) is 5.96 Å². The van der Waals surface area contributed by atoms with Gasteiger partial charge in [-0.05, 0) is 37.1 Å². The standard InChI is InChI=1S/C18H26FN5O2.HI/c1-3-20-18(24-12-17(25)21-8-9-26-2)22-7-6-13-11-23-16-5-4-14(19)10-15(13)16;/h4-5,10-11,23H,3,6-9,12H2,1-2H3,(H,21,25)(H2,20,22,24);1H. The Morgan fingerprint density at radius 1 is 1.26 bits per heavy atom. The minimum atomic E-state index is -0.249. The molecule has 0 fully saturated rings. The van der Waals surface area contributed by atoms with Crippen LogP contribution in [0.15, 0.2) is 29.4 Å². The van der Waals surface area contributed by atoms with E-state index in [0.29, 0.717) is 38.6 Å². The molecule has 1 aromatic heterocycles. The van der Waals surface area contributed by atoms with Gasteiger partial charge in [0.25, 0.3) is 0 Å². The van der Waals surface area contributed by atoms with E-state index in [-0.39, 0.29) is 42.2 Å². The lowest BCUT2D eigenvalue weighted by Gasteiger charge is -2.11. The second kappa shape index (κ2) is 12.5. The first-order valence-electron chi connectivity index (χ1n) is 8.67. The highest BCUT2D eigenvalue weighted by Crippen LogP contribution is 2.19. The van der Waals surface area contributed by atoms with Gasteiger partial charge in [-0.3, -0.25) is 4.79 Å². The van der Waals surface area contributed by atoms with Crippen molar-refractivity contribution in [3.05, 3.63) is 35.8 Å². The third kappa shape index (κ3) is 7.71. The van der Waals surface area contributed by atoms with E-state index in [4.69, 9.17) is 4.74 Å². The number of methoxy groups -OCH3 is 1. The number of aliphatic imine (C=N–C) groups is 1. The van der Waals surface area contributed by atoms with E-state index in [1.165, 1.54) is 12.1 Å². The number of amides is 1. The van der Waals surface area contributed by atoms with Gasteiger partial charge < -0.3 is 25.7 Å². The van der Waals surface area contributed by atoms with Gasteiger partial charge in [0.05, 0.1) is 6.61 Å². The molecule has 0 atom stereocenters. The summed E-state index contributed by atoms with van der Waals surface area (Å²) in [7, 11) is 1.58. The lowest BCUT2D eigenvalue weighted by molar-refractivity contribution is -0.119. The van der Waals surface area contributed by atoms with Crippen LogP contribution < -0.4 is 16.0 Å². The normalized spacial score (nSPS) is 11.1. The number of hydrogen-bond acceptors (Lipinski definition) is 3. The molecule has 0 bridgehead atoms. The van der Waals surface area contributed by atoms with Crippen molar-refractivity contribution in [1.82, 2.24) is 20.9 Å². The molecule has 1 heterocycles. The highest BCUT2D eigenvalue weighted by Gasteiger charge is 2.06. The Bertz CT molecular complexity index is 750. The number of nitrogens with zero attached hydrogens (tertiary/aromatic N) is 1. The van der Waals surface area contributed by atoms with Crippen LogP contribution in [-0.2, 0) is 16.0 Å². The number of H-pyrrole nitrogens is 1. The number of nitrogens with one attached hydrogen (secondary N) is 4. The molecule has 0 spiro atoms. The number of hydrogen-bond donors (Lipinski definition) is 4. The van der Waals surface area contributed by atoms with E-state index in [9.17, 15) is 9.18 Å². The maximum Gasteiger partial charge on any atom is 0.241 e. The molecule has 1 amide bonds. The predicted molar refractivity (Wildman–Crippen MR) is 116 cm³/mol. The quantitative estimate of drug-likeness (QED) is 0.186. The lowest BCUT2D eigenvalue weighted by Crippen LogP contribution is -2.39. The van der Waals surface area contributed by atoms with Crippen molar-refractivity contribution in [3.8, 4) is 0 Å². The molecule has 0 saturated carbocycles. The number of ether oxygens (including phenoxy) is 1. The summed E-state index contributed by atoms with van der Waals surface area (Å²) in [5.74, 6) is 0.160. The smallest absolute Gasteiger partial charge is 0.241 e. The van der Waals surface area contributed by atoms with Crippen molar-refractivity contribution in [1.29, 1.82) is 0 Å². The van der Waals surface area contributed by atoms with Crippen molar-refractivity contribution < 1.29 is 13.9 Å². The van der Waals surface area contributed by atoms with Crippen LogP contribution >= 0.6 is 24.0 Å². The number of aromatic nitrogens is 1. The molecular weight excluding hydrogens is 464 g/mol. The number of guanidine groups is 1. The van der Waals surface area contributed by atoms with E-state index in [0.717, 1.165) is 16.5 Å². The Morgan fingerprint density at radius 2 is 2.07 bits per heavy atom. The van der Waals surface area contributed by atoms with E-state index in [2.05, 4.69) is 25.9 Å². The molecule has 7 nitrogen and oxygen atoms in total. The molecule has 0 aliphatic carbocycles. The van der Waals surface area contributed by atoms with Crippen molar-refractivity contribution in [3.63, 3.8) is 0 Å². The second-order valence-corrected chi connectivity index (χ2v) is 5.72. The fourth-order valence-corrected chi connectivity index (χ4v) is 2.51. The van der Waals surface area contributed by atoms with Crippen LogP contribution in [-0.4, -0.2) is 56.7 Å². The van der Waals surface area contributed by atoms with Crippen LogP contribution in [0, 0.1) is 5.82 Å². The zero-order valence-electron chi connectivity index (χ0n) is 15.6. The highest BCUT2D eigenvalue weighted by molar-refractivity contribution is 14.0. The molecule has 27 heavy (non-hydrogen) atoms. The molecule has 4 N–H and O–H groups in total. The molecule has 1 aromatic carbocycles. The summed E-state index contributed by atoms with van der Waals surface area (Å²) in [6.07, 6.45) is 2.59. The number of halogens is 2. The van der Waals surface area contributed by atoms with Crippen molar-refractivity contribution >= 4 is 46.7 Å². The summed E-state index contributed by atoms with van der Waals surface area (Å²) in [4.78, 5) is 19.1. The van der Waals surface area contributed by atoms with Crippen LogP contribution in [0.3, 0.4) is 0 Å². The summed E-state index contributed by atoms with van der Waals surface area (Å²) in [5.41, 5.74) is 1.94.